The Hall–Kier alpha value is 0.0900. The highest BCUT2D eigenvalue weighted by molar-refractivity contribution is 9.12. The van der Waals surface area contributed by atoms with E-state index in [1.54, 1.807) is 0 Å². The molecule has 2 heterocycles. The molecule has 1 fully saturated rings. The van der Waals surface area contributed by atoms with Crippen LogP contribution in [-0.2, 0) is 4.74 Å². The summed E-state index contributed by atoms with van der Waals surface area (Å²) in [4.78, 5) is 0.687. The largest absolute Gasteiger partial charge is 0.492 e. The molecule has 1 aliphatic rings. The van der Waals surface area contributed by atoms with Gasteiger partial charge in [-0.15, -0.1) is 22.7 Å². The van der Waals surface area contributed by atoms with Gasteiger partial charge in [0, 0.05) is 0 Å². The molecule has 0 aromatic carbocycles. The summed E-state index contributed by atoms with van der Waals surface area (Å²) >= 11 is 10.1. The Morgan fingerprint density at radius 2 is 1.71 bits per heavy atom. The van der Waals surface area contributed by atoms with E-state index >= 15 is 4.39 Å². The van der Waals surface area contributed by atoms with Crippen LogP contribution >= 0.6 is 54.5 Å². The number of ether oxygens (including phenoxy) is 1. The SMILES string of the molecule is CCCCCCC(CCCC)COC(=C1CC1)c1sc2c(Br)sc(Br)c2c1F. The van der Waals surface area contributed by atoms with Gasteiger partial charge < -0.3 is 4.74 Å². The Bertz CT molecular complexity index is 818. The van der Waals surface area contributed by atoms with Gasteiger partial charge in [-0.25, -0.2) is 4.39 Å². The molecule has 0 N–H and O–H groups in total. The molecule has 28 heavy (non-hydrogen) atoms. The van der Waals surface area contributed by atoms with Gasteiger partial charge in [-0.3, -0.25) is 0 Å². The molecule has 0 spiro atoms. The molecule has 1 saturated carbocycles. The average molecular weight is 552 g/mol. The highest BCUT2D eigenvalue weighted by Gasteiger charge is 2.28. The average Bonchev–Trinajstić information content (AvgIpc) is 3.39. The highest BCUT2D eigenvalue weighted by Crippen LogP contribution is 2.49. The van der Waals surface area contributed by atoms with Gasteiger partial charge in [0.15, 0.2) is 5.82 Å². The third kappa shape index (κ3) is 5.61. The summed E-state index contributed by atoms with van der Waals surface area (Å²) in [6, 6.07) is 0. The Morgan fingerprint density at radius 1 is 1.00 bits per heavy atom. The van der Waals surface area contributed by atoms with E-state index < -0.39 is 0 Å². The minimum absolute atomic E-state index is 0.128. The van der Waals surface area contributed by atoms with Crippen LogP contribution in [0.2, 0.25) is 0 Å². The van der Waals surface area contributed by atoms with Crippen LogP contribution in [0.25, 0.3) is 15.8 Å². The molecule has 1 unspecified atom stereocenters. The van der Waals surface area contributed by atoms with Crippen LogP contribution in [0.1, 0.15) is 82.9 Å². The van der Waals surface area contributed by atoms with Crippen molar-refractivity contribution in [1.82, 2.24) is 0 Å². The summed E-state index contributed by atoms with van der Waals surface area (Å²) in [6.45, 7) is 5.22. The van der Waals surface area contributed by atoms with Gasteiger partial charge in [-0.05, 0) is 69.0 Å². The Kier molecular flexibility index (Phi) is 8.88. The quantitative estimate of drug-likeness (QED) is 0.188. The molecule has 0 saturated heterocycles. The Labute approximate surface area is 193 Å². The summed E-state index contributed by atoms with van der Waals surface area (Å²) in [6.07, 6.45) is 12.2. The summed E-state index contributed by atoms with van der Waals surface area (Å²) in [7, 11) is 0. The monoisotopic (exact) mass is 550 g/mol. The van der Waals surface area contributed by atoms with Gasteiger partial charge >= 0.3 is 0 Å². The number of allylic oxidation sites excluding steroid dienone is 1. The standard InChI is InChI=1S/C22H29Br2FOS2/c1-3-5-7-8-10-14(9-6-4-2)13-26-18(15-11-12-15)20-17(25)16-19(27-20)22(24)28-21(16)23/h14H,3-13H2,1-2H3. The van der Waals surface area contributed by atoms with Gasteiger partial charge in [0.2, 0.25) is 0 Å². The second kappa shape index (κ2) is 10.9. The van der Waals surface area contributed by atoms with Crippen LogP contribution in [0.15, 0.2) is 13.1 Å². The first kappa shape index (κ1) is 22.8. The van der Waals surface area contributed by atoms with Crippen molar-refractivity contribution in [3.05, 3.63) is 23.8 Å². The van der Waals surface area contributed by atoms with Crippen LogP contribution in [0.5, 0.6) is 0 Å². The molecule has 2 aromatic rings. The van der Waals surface area contributed by atoms with Crippen molar-refractivity contribution >= 4 is 70.4 Å². The predicted octanol–water partition coefficient (Wildman–Crippen LogP) is 9.93. The minimum Gasteiger partial charge on any atom is -0.492 e. The van der Waals surface area contributed by atoms with E-state index in [1.165, 1.54) is 79.6 Å². The lowest BCUT2D eigenvalue weighted by Crippen LogP contribution is -2.10. The number of unbranched alkanes of at least 4 members (excludes halogenated alkanes) is 4. The van der Waals surface area contributed by atoms with Crippen molar-refractivity contribution in [2.45, 2.75) is 78.1 Å². The highest BCUT2D eigenvalue weighted by atomic mass is 79.9. The van der Waals surface area contributed by atoms with Gasteiger partial charge in [-0.1, -0.05) is 52.4 Å². The van der Waals surface area contributed by atoms with E-state index in [-0.39, 0.29) is 5.82 Å². The zero-order chi connectivity index (χ0) is 20.1. The van der Waals surface area contributed by atoms with Crippen molar-refractivity contribution in [2.75, 3.05) is 6.61 Å². The van der Waals surface area contributed by atoms with E-state index in [1.807, 2.05) is 0 Å². The number of hydrogen-bond acceptors (Lipinski definition) is 3. The van der Waals surface area contributed by atoms with Crippen LogP contribution in [-0.4, -0.2) is 6.61 Å². The third-order valence-electron chi connectivity index (χ3n) is 5.33. The number of halogens is 3. The molecule has 156 valence electrons. The molecule has 0 amide bonds. The van der Waals surface area contributed by atoms with Crippen LogP contribution in [0.4, 0.5) is 4.39 Å². The topological polar surface area (TPSA) is 9.23 Å². The fourth-order valence-electron chi connectivity index (χ4n) is 3.53. The third-order valence-corrected chi connectivity index (χ3v) is 9.43. The zero-order valence-corrected chi connectivity index (χ0v) is 21.5. The van der Waals surface area contributed by atoms with Crippen LogP contribution in [0, 0.1) is 11.7 Å². The Morgan fingerprint density at radius 3 is 2.36 bits per heavy atom. The van der Waals surface area contributed by atoms with Crippen molar-refractivity contribution in [3.63, 3.8) is 0 Å². The number of hydrogen-bond donors (Lipinski definition) is 0. The number of thiophene rings is 2. The normalized spacial score (nSPS) is 14.7. The molecule has 6 heteroatoms. The number of fused-ring (bicyclic) bond motifs is 1. The lowest BCUT2D eigenvalue weighted by Gasteiger charge is -2.19. The molecule has 1 atom stereocenters. The van der Waals surface area contributed by atoms with Gasteiger partial charge in [0.05, 0.1) is 24.3 Å². The van der Waals surface area contributed by atoms with Crippen LogP contribution in [0.3, 0.4) is 0 Å². The summed E-state index contributed by atoms with van der Waals surface area (Å²) in [5, 5.41) is 0.696. The Balaban J connectivity index is 1.72. The van der Waals surface area contributed by atoms with Crippen molar-refractivity contribution < 1.29 is 9.13 Å². The molecule has 0 radical (unpaired) electrons. The first-order valence-corrected chi connectivity index (χ1v) is 13.7. The zero-order valence-electron chi connectivity index (χ0n) is 16.7. The summed E-state index contributed by atoms with van der Waals surface area (Å²) in [5.74, 6) is 1.28. The van der Waals surface area contributed by atoms with Gasteiger partial charge in [0.25, 0.3) is 0 Å². The lowest BCUT2D eigenvalue weighted by atomic mass is 9.96. The second-order valence-electron chi connectivity index (χ2n) is 7.70. The summed E-state index contributed by atoms with van der Waals surface area (Å²) < 4.78 is 24.4. The molecule has 2 aromatic heterocycles. The maximum atomic E-state index is 15.2. The van der Waals surface area contributed by atoms with E-state index in [0.29, 0.717) is 16.2 Å². The maximum absolute atomic E-state index is 15.2. The maximum Gasteiger partial charge on any atom is 0.154 e. The minimum atomic E-state index is -0.128. The molecule has 0 aliphatic heterocycles. The molecule has 1 aliphatic carbocycles. The summed E-state index contributed by atoms with van der Waals surface area (Å²) in [5.41, 5.74) is 1.28. The molecule has 1 nitrogen and oxygen atoms in total. The van der Waals surface area contributed by atoms with Crippen molar-refractivity contribution in [2.24, 2.45) is 5.92 Å². The first-order chi connectivity index (χ1) is 13.6. The van der Waals surface area contributed by atoms with Gasteiger partial charge in [-0.2, -0.15) is 0 Å². The van der Waals surface area contributed by atoms with Crippen molar-refractivity contribution in [3.8, 4) is 0 Å². The van der Waals surface area contributed by atoms with E-state index in [9.17, 15) is 0 Å². The van der Waals surface area contributed by atoms with Gasteiger partial charge in [0.1, 0.15) is 10.6 Å². The van der Waals surface area contributed by atoms with Crippen LogP contribution < -0.4 is 0 Å². The fraction of sp³-hybridized carbons (Fsp3) is 0.636. The van der Waals surface area contributed by atoms with E-state index in [0.717, 1.165) is 37.5 Å². The molecule has 3 rings (SSSR count). The number of rotatable bonds is 12. The molecule has 0 bridgehead atoms. The molecular formula is C22H29Br2FOS2. The smallest absolute Gasteiger partial charge is 0.154 e. The van der Waals surface area contributed by atoms with E-state index in [2.05, 4.69) is 45.7 Å². The fourth-order valence-corrected chi connectivity index (χ4v) is 8.12. The predicted molar refractivity (Wildman–Crippen MR) is 129 cm³/mol. The van der Waals surface area contributed by atoms with Crippen molar-refractivity contribution in [1.29, 1.82) is 0 Å². The van der Waals surface area contributed by atoms with E-state index in [4.69, 9.17) is 4.74 Å². The lowest BCUT2D eigenvalue weighted by molar-refractivity contribution is 0.196. The molecular weight excluding hydrogens is 523 g/mol. The first-order valence-electron chi connectivity index (χ1n) is 10.5. The second-order valence-corrected chi connectivity index (χ2v) is 12.4.